The first-order chi connectivity index (χ1) is 9.66. The minimum Gasteiger partial charge on any atom is -0.507 e. The van der Waals surface area contributed by atoms with E-state index in [0.717, 1.165) is 11.1 Å². The summed E-state index contributed by atoms with van der Waals surface area (Å²) in [4.78, 5) is 11.9. The van der Waals surface area contributed by atoms with Crippen molar-refractivity contribution in [2.24, 2.45) is 0 Å². The van der Waals surface area contributed by atoms with E-state index in [-0.39, 0.29) is 11.7 Å². The third-order valence-electron chi connectivity index (χ3n) is 2.89. The van der Waals surface area contributed by atoms with Gasteiger partial charge in [0.05, 0.1) is 5.56 Å². The van der Waals surface area contributed by atoms with Crippen LogP contribution in [0.25, 0.3) is 6.08 Å². The smallest absolute Gasteiger partial charge is 0.255 e. The Kier molecular flexibility index (Phi) is 4.56. The standard InChI is InChI=1S/C17H17NO2/c1-13(11-14-7-3-2-4-8-14)12-18-17(20)15-9-5-6-10-16(15)19/h2-11,19H,12H2,1H3,(H,18,20)/b13-11+. The van der Waals surface area contributed by atoms with Crippen molar-refractivity contribution in [3.8, 4) is 5.75 Å². The molecule has 0 saturated heterocycles. The van der Waals surface area contributed by atoms with E-state index in [2.05, 4.69) is 5.32 Å². The molecule has 0 aliphatic rings. The summed E-state index contributed by atoms with van der Waals surface area (Å²) in [5.41, 5.74) is 2.43. The van der Waals surface area contributed by atoms with Crippen molar-refractivity contribution in [3.63, 3.8) is 0 Å². The lowest BCUT2D eigenvalue weighted by atomic mass is 10.1. The van der Waals surface area contributed by atoms with Crippen LogP contribution in [0.5, 0.6) is 5.75 Å². The van der Waals surface area contributed by atoms with Crippen LogP contribution in [0.15, 0.2) is 60.2 Å². The maximum Gasteiger partial charge on any atom is 0.255 e. The van der Waals surface area contributed by atoms with Crippen LogP contribution in [0, 0.1) is 0 Å². The van der Waals surface area contributed by atoms with Crippen molar-refractivity contribution in [2.75, 3.05) is 6.54 Å². The Morgan fingerprint density at radius 1 is 1.10 bits per heavy atom. The molecule has 0 aromatic heterocycles. The molecule has 0 aliphatic heterocycles. The van der Waals surface area contributed by atoms with Crippen molar-refractivity contribution in [3.05, 3.63) is 71.3 Å². The molecule has 2 aromatic rings. The number of phenols is 1. The highest BCUT2D eigenvalue weighted by Gasteiger charge is 2.09. The molecule has 3 nitrogen and oxygen atoms in total. The zero-order chi connectivity index (χ0) is 14.4. The number of para-hydroxylation sites is 1. The van der Waals surface area contributed by atoms with Gasteiger partial charge in [-0.1, -0.05) is 54.1 Å². The second-order valence-electron chi connectivity index (χ2n) is 4.60. The molecule has 0 spiro atoms. The summed E-state index contributed by atoms with van der Waals surface area (Å²) in [6.45, 7) is 2.40. The fourth-order valence-corrected chi connectivity index (χ4v) is 1.87. The van der Waals surface area contributed by atoms with Gasteiger partial charge in [-0.3, -0.25) is 4.79 Å². The van der Waals surface area contributed by atoms with Crippen molar-refractivity contribution >= 4 is 12.0 Å². The van der Waals surface area contributed by atoms with E-state index in [1.807, 2.05) is 43.3 Å². The van der Waals surface area contributed by atoms with Gasteiger partial charge in [0.2, 0.25) is 0 Å². The van der Waals surface area contributed by atoms with Gasteiger partial charge in [-0.05, 0) is 24.6 Å². The maximum atomic E-state index is 11.9. The third kappa shape index (κ3) is 3.72. The highest BCUT2D eigenvalue weighted by atomic mass is 16.3. The maximum absolute atomic E-state index is 11.9. The number of hydrogen-bond acceptors (Lipinski definition) is 2. The normalized spacial score (nSPS) is 11.2. The Morgan fingerprint density at radius 3 is 2.45 bits per heavy atom. The van der Waals surface area contributed by atoms with Gasteiger partial charge in [0.15, 0.2) is 0 Å². The molecule has 0 saturated carbocycles. The number of carbonyl (C=O) groups excluding carboxylic acids is 1. The summed E-state index contributed by atoms with van der Waals surface area (Å²) in [7, 11) is 0. The van der Waals surface area contributed by atoms with Crippen molar-refractivity contribution in [2.45, 2.75) is 6.92 Å². The van der Waals surface area contributed by atoms with Gasteiger partial charge in [-0.15, -0.1) is 0 Å². The van der Waals surface area contributed by atoms with Gasteiger partial charge in [0, 0.05) is 6.54 Å². The van der Waals surface area contributed by atoms with Crippen molar-refractivity contribution in [1.29, 1.82) is 0 Å². The molecular formula is C17H17NO2. The zero-order valence-corrected chi connectivity index (χ0v) is 11.3. The van der Waals surface area contributed by atoms with Crippen LogP contribution in [0.1, 0.15) is 22.8 Å². The summed E-state index contributed by atoms with van der Waals surface area (Å²) in [5, 5.41) is 12.4. The van der Waals surface area contributed by atoms with Crippen LogP contribution in [0.4, 0.5) is 0 Å². The predicted octanol–water partition coefficient (Wildman–Crippen LogP) is 3.23. The van der Waals surface area contributed by atoms with Crippen LogP contribution in [0.3, 0.4) is 0 Å². The average molecular weight is 267 g/mol. The minimum atomic E-state index is -0.274. The lowest BCUT2D eigenvalue weighted by molar-refractivity contribution is 0.0954. The van der Waals surface area contributed by atoms with E-state index in [9.17, 15) is 9.90 Å². The highest BCUT2D eigenvalue weighted by molar-refractivity contribution is 5.96. The first kappa shape index (κ1) is 13.9. The Morgan fingerprint density at radius 2 is 1.75 bits per heavy atom. The van der Waals surface area contributed by atoms with Crippen LogP contribution in [-0.2, 0) is 0 Å². The summed E-state index contributed by atoms with van der Waals surface area (Å²) in [6.07, 6.45) is 2.02. The number of carbonyl (C=O) groups is 1. The molecule has 102 valence electrons. The van der Waals surface area contributed by atoms with E-state index >= 15 is 0 Å². The largest absolute Gasteiger partial charge is 0.507 e. The Bertz CT molecular complexity index is 618. The molecular weight excluding hydrogens is 250 g/mol. The lowest BCUT2D eigenvalue weighted by Crippen LogP contribution is -2.25. The van der Waals surface area contributed by atoms with Crippen LogP contribution >= 0.6 is 0 Å². The second kappa shape index (κ2) is 6.57. The molecule has 2 aromatic carbocycles. The Balaban J connectivity index is 1.97. The van der Waals surface area contributed by atoms with Gasteiger partial charge in [-0.2, -0.15) is 0 Å². The summed E-state index contributed by atoms with van der Waals surface area (Å²) < 4.78 is 0. The molecule has 20 heavy (non-hydrogen) atoms. The summed E-state index contributed by atoms with van der Waals surface area (Å²) >= 11 is 0. The molecule has 2 rings (SSSR count). The number of benzene rings is 2. The molecule has 3 heteroatoms. The van der Waals surface area contributed by atoms with Crippen LogP contribution in [0.2, 0.25) is 0 Å². The minimum absolute atomic E-state index is 0.00491. The molecule has 0 fully saturated rings. The number of aromatic hydroxyl groups is 1. The monoisotopic (exact) mass is 267 g/mol. The van der Waals surface area contributed by atoms with Crippen molar-refractivity contribution < 1.29 is 9.90 Å². The summed E-state index contributed by atoms with van der Waals surface area (Å²) in [6, 6.07) is 16.4. The highest BCUT2D eigenvalue weighted by Crippen LogP contribution is 2.15. The zero-order valence-electron chi connectivity index (χ0n) is 11.3. The topological polar surface area (TPSA) is 49.3 Å². The number of rotatable bonds is 4. The average Bonchev–Trinajstić information content (AvgIpc) is 2.46. The first-order valence-corrected chi connectivity index (χ1v) is 6.45. The predicted molar refractivity (Wildman–Crippen MR) is 80.5 cm³/mol. The van der Waals surface area contributed by atoms with Gasteiger partial charge >= 0.3 is 0 Å². The summed E-state index contributed by atoms with van der Waals surface area (Å²) in [5.74, 6) is -0.279. The fourth-order valence-electron chi connectivity index (χ4n) is 1.87. The van der Waals surface area contributed by atoms with E-state index in [0.29, 0.717) is 12.1 Å². The van der Waals surface area contributed by atoms with E-state index in [1.54, 1.807) is 18.2 Å². The molecule has 0 unspecified atom stereocenters. The van der Waals surface area contributed by atoms with Crippen LogP contribution in [-0.4, -0.2) is 17.6 Å². The molecule has 0 heterocycles. The third-order valence-corrected chi connectivity index (χ3v) is 2.89. The number of hydrogen-bond donors (Lipinski definition) is 2. The van der Waals surface area contributed by atoms with Crippen molar-refractivity contribution in [1.82, 2.24) is 5.32 Å². The molecule has 0 aliphatic carbocycles. The first-order valence-electron chi connectivity index (χ1n) is 6.45. The van der Waals surface area contributed by atoms with E-state index in [4.69, 9.17) is 0 Å². The Hall–Kier alpha value is -2.55. The lowest BCUT2D eigenvalue weighted by Gasteiger charge is -2.07. The SMILES string of the molecule is C/C(=C\c1ccccc1)CNC(=O)c1ccccc1O. The number of amides is 1. The molecule has 0 atom stereocenters. The van der Waals surface area contributed by atoms with Gasteiger partial charge in [0.25, 0.3) is 5.91 Å². The molecule has 0 radical (unpaired) electrons. The molecule has 0 bridgehead atoms. The van der Waals surface area contributed by atoms with Gasteiger partial charge in [0.1, 0.15) is 5.75 Å². The van der Waals surface area contributed by atoms with E-state index < -0.39 is 0 Å². The van der Waals surface area contributed by atoms with Gasteiger partial charge < -0.3 is 10.4 Å². The fraction of sp³-hybridized carbons (Fsp3) is 0.118. The quantitative estimate of drug-likeness (QED) is 0.893. The van der Waals surface area contributed by atoms with Gasteiger partial charge in [-0.25, -0.2) is 0 Å². The Labute approximate surface area is 118 Å². The second-order valence-corrected chi connectivity index (χ2v) is 4.60. The van der Waals surface area contributed by atoms with Crippen LogP contribution < -0.4 is 5.32 Å². The molecule has 2 N–H and O–H groups in total. The van der Waals surface area contributed by atoms with E-state index in [1.165, 1.54) is 6.07 Å². The molecule has 1 amide bonds. The number of phenolic OH excluding ortho intramolecular Hbond substituents is 1. The number of nitrogens with one attached hydrogen (secondary N) is 1.